The number of hydrogen-bond donors (Lipinski definition) is 1. The predicted molar refractivity (Wildman–Crippen MR) is 89.5 cm³/mol. The quantitative estimate of drug-likeness (QED) is 0.855. The second-order valence-electron chi connectivity index (χ2n) is 5.56. The van der Waals surface area contributed by atoms with Gasteiger partial charge in [0.2, 0.25) is 0 Å². The monoisotopic (exact) mass is 335 g/mol. The zero-order valence-corrected chi connectivity index (χ0v) is 14.0. The van der Waals surface area contributed by atoms with Gasteiger partial charge in [-0.2, -0.15) is 0 Å². The van der Waals surface area contributed by atoms with Gasteiger partial charge in [-0.15, -0.1) is 0 Å². The molecular formula is C18H19ClFNO2. The van der Waals surface area contributed by atoms with E-state index < -0.39 is 5.82 Å². The molecule has 0 aliphatic heterocycles. The summed E-state index contributed by atoms with van der Waals surface area (Å²) in [6, 6.07) is 11.0. The third-order valence-electron chi connectivity index (χ3n) is 3.25. The topological polar surface area (TPSA) is 38.3 Å². The summed E-state index contributed by atoms with van der Waals surface area (Å²) in [5.41, 5.74) is 1.16. The molecule has 0 aliphatic carbocycles. The van der Waals surface area contributed by atoms with Gasteiger partial charge in [0, 0.05) is 0 Å². The molecule has 0 bridgehead atoms. The van der Waals surface area contributed by atoms with E-state index in [-0.39, 0.29) is 28.6 Å². The maximum Gasteiger partial charge on any atom is 0.253 e. The number of nitrogens with one attached hydrogen (secondary N) is 1. The van der Waals surface area contributed by atoms with Crippen LogP contribution in [0.1, 0.15) is 42.7 Å². The number of amides is 1. The van der Waals surface area contributed by atoms with Crippen LogP contribution >= 0.6 is 11.6 Å². The molecule has 1 atom stereocenters. The summed E-state index contributed by atoms with van der Waals surface area (Å²) in [6.45, 7) is 5.77. The first-order chi connectivity index (χ1) is 10.9. The molecule has 0 radical (unpaired) electrons. The second-order valence-corrected chi connectivity index (χ2v) is 5.97. The lowest BCUT2D eigenvalue weighted by Crippen LogP contribution is -2.27. The second kappa shape index (κ2) is 7.47. The van der Waals surface area contributed by atoms with Crippen molar-refractivity contribution < 1.29 is 13.9 Å². The fourth-order valence-corrected chi connectivity index (χ4v) is 2.41. The van der Waals surface area contributed by atoms with E-state index in [1.54, 1.807) is 0 Å². The number of rotatable bonds is 5. The standard InChI is InChI=1S/C18H19ClFNO2/c1-11(2)23-15-6-4-5-13(9-15)12(3)21-18(22)16-8-7-14(20)10-17(16)19/h4-12H,1-3H3,(H,21,22)/t12-/m1/s1. The van der Waals surface area contributed by atoms with E-state index in [1.807, 2.05) is 45.0 Å². The lowest BCUT2D eigenvalue weighted by atomic mass is 10.1. The van der Waals surface area contributed by atoms with Crippen LogP contribution in [0, 0.1) is 5.82 Å². The molecule has 2 aromatic rings. The van der Waals surface area contributed by atoms with Gasteiger partial charge in [0.25, 0.3) is 5.91 Å². The zero-order chi connectivity index (χ0) is 17.0. The van der Waals surface area contributed by atoms with Crippen LogP contribution in [-0.4, -0.2) is 12.0 Å². The largest absolute Gasteiger partial charge is 0.491 e. The molecule has 3 nitrogen and oxygen atoms in total. The van der Waals surface area contributed by atoms with Crippen LogP contribution in [0.2, 0.25) is 5.02 Å². The van der Waals surface area contributed by atoms with E-state index in [2.05, 4.69) is 5.32 Å². The van der Waals surface area contributed by atoms with Crippen LogP contribution in [0.15, 0.2) is 42.5 Å². The molecule has 0 aliphatic rings. The van der Waals surface area contributed by atoms with E-state index in [4.69, 9.17) is 16.3 Å². The Balaban J connectivity index is 2.12. The third kappa shape index (κ3) is 4.70. The Morgan fingerprint density at radius 1 is 1.17 bits per heavy atom. The SMILES string of the molecule is CC(C)Oc1cccc([C@@H](C)NC(=O)c2ccc(F)cc2Cl)c1. The average molecular weight is 336 g/mol. The molecule has 122 valence electrons. The van der Waals surface area contributed by atoms with E-state index in [0.717, 1.165) is 17.4 Å². The number of benzene rings is 2. The predicted octanol–water partition coefficient (Wildman–Crippen LogP) is 4.76. The van der Waals surface area contributed by atoms with Crippen molar-refractivity contribution in [2.75, 3.05) is 0 Å². The number of carbonyl (C=O) groups is 1. The highest BCUT2D eigenvalue weighted by atomic mass is 35.5. The van der Waals surface area contributed by atoms with Crippen LogP contribution in [0.3, 0.4) is 0 Å². The minimum absolute atomic E-state index is 0.0770. The molecule has 0 heterocycles. The van der Waals surface area contributed by atoms with Crippen molar-refractivity contribution in [3.8, 4) is 5.75 Å². The average Bonchev–Trinajstić information content (AvgIpc) is 2.46. The van der Waals surface area contributed by atoms with Crippen LogP contribution in [-0.2, 0) is 0 Å². The number of ether oxygens (including phenoxy) is 1. The Kier molecular flexibility index (Phi) is 5.61. The van der Waals surface area contributed by atoms with Crippen molar-refractivity contribution in [2.45, 2.75) is 32.9 Å². The molecule has 5 heteroatoms. The summed E-state index contributed by atoms with van der Waals surface area (Å²) in [7, 11) is 0. The summed E-state index contributed by atoms with van der Waals surface area (Å²) in [6.07, 6.45) is 0.0770. The van der Waals surface area contributed by atoms with Crippen LogP contribution in [0.5, 0.6) is 5.75 Å². The number of halogens is 2. The van der Waals surface area contributed by atoms with Crippen LogP contribution in [0.25, 0.3) is 0 Å². The first-order valence-electron chi connectivity index (χ1n) is 7.39. The van der Waals surface area contributed by atoms with Gasteiger partial charge in [-0.3, -0.25) is 4.79 Å². The van der Waals surface area contributed by atoms with Gasteiger partial charge in [0.05, 0.1) is 22.7 Å². The molecule has 0 aromatic heterocycles. The normalized spacial score (nSPS) is 12.1. The van der Waals surface area contributed by atoms with Crippen molar-refractivity contribution in [1.29, 1.82) is 0 Å². The summed E-state index contributed by atoms with van der Waals surface area (Å²) in [5.74, 6) is -0.0748. The van der Waals surface area contributed by atoms with Gasteiger partial charge in [-0.05, 0) is 56.7 Å². The molecule has 0 spiro atoms. The summed E-state index contributed by atoms with van der Waals surface area (Å²) >= 11 is 5.92. The first kappa shape index (κ1) is 17.3. The van der Waals surface area contributed by atoms with Gasteiger partial charge in [-0.1, -0.05) is 23.7 Å². The molecule has 2 aromatic carbocycles. The first-order valence-corrected chi connectivity index (χ1v) is 7.77. The van der Waals surface area contributed by atoms with Gasteiger partial charge in [-0.25, -0.2) is 4.39 Å². The Morgan fingerprint density at radius 2 is 1.91 bits per heavy atom. The van der Waals surface area contributed by atoms with Gasteiger partial charge in [0.1, 0.15) is 11.6 Å². The highest BCUT2D eigenvalue weighted by Gasteiger charge is 2.15. The molecule has 2 rings (SSSR count). The molecule has 1 amide bonds. The smallest absolute Gasteiger partial charge is 0.253 e. The summed E-state index contributed by atoms with van der Waals surface area (Å²) < 4.78 is 18.7. The zero-order valence-electron chi connectivity index (χ0n) is 13.3. The lowest BCUT2D eigenvalue weighted by Gasteiger charge is -2.17. The van der Waals surface area contributed by atoms with Gasteiger partial charge < -0.3 is 10.1 Å². The lowest BCUT2D eigenvalue weighted by molar-refractivity contribution is 0.0940. The Hall–Kier alpha value is -2.07. The number of hydrogen-bond acceptors (Lipinski definition) is 2. The van der Waals surface area contributed by atoms with Gasteiger partial charge >= 0.3 is 0 Å². The van der Waals surface area contributed by atoms with Crippen LogP contribution < -0.4 is 10.1 Å². The van der Waals surface area contributed by atoms with E-state index in [1.165, 1.54) is 12.1 Å². The minimum Gasteiger partial charge on any atom is -0.491 e. The molecular weight excluding hydrogens is 317 g/mol. The van der Waals surface area contributed by atoms with Crippen molar-refractivity contribution in [3.05, 3.63) is 64.4 Å². The highest BCUT2D eigenvalue weighted by Crippen LogP contribution is 2.22. The van der Waals surface area contributed by atoms with Crippen molar-refractivity contribution in [2.24, 2.45) is 0 Å². The fourth-order valence-electron chi connectivity index (χ4n) is 2.16. The molecule has 0 saturated carbocycles. The van der Waals surface area contributed by atoms with Crippen LogP contribution in [0.4, 0.5) is 4.39 Å². The maximum absolute atomic E-state index is 13.1. The van der Waals surface area contributed by atoms with Crippen molar-refractivity contribution >= 4 is 17.5 Å². The Bertz CT molecular complexity index is 703. The number of carbonyl (C=O) groups excluding carboxylic acids is 1. The minimum atomic E-state index is -0.474. The Labute approximate surface area is 140 Å². The molecule has 23 heavy (non-hydrogen) atoms. The summed E-state index contributed by atoms with van der Waals surface area (Å²) in [4.78, 5) is 12.3. The molecule has 0 saturated heterocycles. The van der Waals surface area contributed by atoms with Crippen molar-refractivity contribution in [3.63, 3.8) is 0 Å². The molecule has 0 fully saturated rings. The van der Waals surface area contributed by atoms with E-state index >= 15 is 0 Å². The van der Waals surface area contributed by atoms with E-state index in [9.17, 15) is 9.18 Å². The summed E-state index contributed by atoms with van der Waals surface area (Å²) in [5, 5.41) is 2.94. The van der Waals surface area contributed by atoms with E-state index in [0.29, 0.717) is 0 Å². The van der Waals surface area contributed by atoms with Gasteiger partial charge in [0.15, 0.2) is 0 Å². The Morgan fingerprint density at radius 3 is 2.57 bits per heavy atom. The highest BCUT2D eigenvalue weighted by molar-refractivity contribution is 6.33. The fraction of sp³-hybridized carbons (Fsp3) is 0.278. The maximum atomic E-state index is 13.1. The molecule has 1 N–H and O–H groups in total. The molecule has 0 unspecified atom stereocenters. The third-order valence-corrected chi connectivity index (χ3v) is 3.57. The van der Waals surface area contributed by atoms with Crippen molar-refractivity contribution in [1.82, 2.24) is 5.32 Å².